The molecule has 2 amide bonds. The third-order valence-electron chi connectivity index (χ3n) is 3.74. The van der Waals surface area contributed by atoms with E-state index in [4.69, 9.17) is 39.5 Å². The summed E-state index contributed by atoms with van der Waals surface area (Å²) in [4.78, 5) is 38.6. The van der Waals surface area contributed by atoms with Crippen LogP contribution in [0.1, 0.15) is 13.8 Å². The number of hydrogen-bond donors (Lipinski definition) is 0. The fourth-order valence-corrected chi connectivity index (χ4v) is 3.62. The Hall–Kier alpha value is -1.35. The molecule has 1 fully saturated rings. The summed E-state index contributed by atoms with van der Waals surface area (Å²) in [5.41, 5.74) is 0.171. The molecule has 2 heterocycles. The van der Waals surface area contributed by atoms with Gasteiger partial charge in [0.05, 0.1) is 5.00 Å². The number of rotatable bonds is 6. The maximum Gasteiger partial charge on any atom is 0.333 e. The number of likely N-dealkylation sites (tertiary alicyclic amines) is 1. The van der Waals surface area contributed by atoms with E-state index in [1.54, 1.807) is 17.5 Å². The second-order valence-corrected chi connectivity index (χ2v) is 9.32. The molecule has 27 heavy (non-hydrogen) atoms. The van der Waals surface area contributed by atoms with Gasteiger partial charge < -0.3 is 4.74 Å². The first kappa shape index (κ1) is 21.9. The fraction of sp³-hybridized carbons (Fsp3) is 0.438. The van der Waals surface area contributed by atoms with Gasteiger partial charge in [-0.15, -0.1) is 11.3 Å². The lowest BCUT2D eigenvalue weighted by atomic mass is 9.97. The van der Waals surface area contributed by atoms with Crippen LogP contribution in [-0.4, -0.2) is 51.5 Å². The van der Waals surface area contributed by atoms with Crippen molar-refractivity contribution in [3.63, 3.8) is 0 Å². The van der Waals surface area contributed by atoms with Crippen molar-refractivity contribution < 1.29 is 23.5 Å². The molecule has 3 unspecified atom stereocenters. The molecule has 1 aromatic rings. The molecule has 1 saturated heterocycles. The number of esters is 1. The minimum Gasteiger partial charge on any atom is -0.459 e. The van der Waals surface area contributed by atoms with Crippen LogP contribution in [0.25, 0.3) is 0 Å². The molecule has 0 spiro atoms. The third-order valence-corrected chi connectivity index (χ3v) is 4.94. The number of hydrogen-bond acceptors (Lipinski definition) is 5. The first-order valence-corrected chi connectivity index (χ1v) is 9.65. The van der Waals surface area contributed by atoms with Crippen molar-refractivity contribution in [2.45, 2.75) is 36.0 Å². The van der Waals surface area contributed by atoms with E-state index < -0.39 is 46.6 Å². The van der Waals surface area contributed by atoms with Crippen LogP contribution in [-0.2, 0) is 19.1 Å². The number of anilines is 1. The van der Waals surface area contributed by atoms with Gasteiger partial charge in [0, 0.05) is 6.92 Å². The molecule has 2 rings (SSSR count). The van der Waals surface area contributed by atoms with Crippen LogP contribution in [0.4, 0.5) is 9.39 Å². The number of carbonyl (C=O) groups is 3. The van der Waals surface area contributed by atoms with E-state index in [1.807, 2.05) is 0 Å². The molecule has 1 aliphatic rings. The minimum atomic E-state index is -1.93. The van der Waals surface area contributed by atoms with Gasteiger partial charge in [-0.1, -0.05) is 41.4 Å². The molecule has 1 aromatic heterocycles. The van der Waals surface area contributed by atoms with Crippen LogP contribution in [0, 0.1) is 0 Å². The van der Waals surface area contributed by atoms with Crippen molar-refractivity contribution in [1.29, 1.82) is 0 Å². The molecule has 3 atom stereocenters. The molecule has 0 aromatic carbocycles. The van der Waals surface area contributed by atoms with Crippen LogP contribution < -0.4 is 4.90 Å². The van der Waals surface area contributed by atoms with E-state index in [0.717, 1.165) is 4.90 Å². The Morgan fingerprint density at radius 1 is 1.44 bits per heavy atom. The first-order valence-electron chi connectivity index (χ1n) is 7.64. The predicted octanol–water partition coefficient (Wildman–Crippen LogP) is 3.47. The van der Waals surface area contributed by atoms with Gasteiger partial charge in [-0.2, -0.15) is 0 Å². The summed E-state index contributed by atoms with van der Waals surface area (Å²) < 4.78 is 17.9. The van der Waals surface area contributed by atoms with E-state index >= 15 is 0 Å². The number of β-lactam (4-membered cyclic amide) rings is 1. The van der Waals surface area contributed by atoms with E-state index in [1.165, 1.54) is 25.2 Å². The molecule has 0 aliphatic carbocycles. The Morgan fingerprint density at radius 2 is 2.07 bits per heavy atom. The van der Waals surface area contributed by atoms with Gasteiger partial charge in [-0.05, 0) is 30.0 Å². The number of amides is 2. The number of nitrogens with zero attached hydrogens (tertiary/aromatic N) is 2. The Bertz CT molecular complexity index is 753. The zero-order valence-electron chi connectivity index (χ0n) is 14.3. The molecule has 0 bridgehead atoms. The van der Waals surface area contributed by atoms with E-state index in [2.05, 4.69) is 6.58 Å². The van der Waals surface area contributed by atoms with Gasteiger partial charge in [0.1, 0.15) is 6.61 Å². The van der Waals surface area contributed by atoms with Crippen LogP contribution in [0.3, 0.4) is 0 Å². The van der Waals surface area contributed by atoms with Crippen LogP contribution in [0.15, 0.2) is 29.7 Å². The predicted molar refractivity (Wildman–Crippen MR) is 103 cm³/mol. The van der Waals surface area contributed by atoms with Gasteiger partial charge >= 0.3 is 5.97 Å². The lowest BCUT2D eigenvalue weighted by molar-refractivity contribution is -0.174. The molecule has 0 N–H and O–H groups in total. The van der Waals surface area contributed by atoms with Crippen molar-refractivity contribution in [1.82, 2.24) is 4.90 Å². The quantitative estimate of drug-likeness (QED) is 0.216. The summed E-state index contributed by atoms with van der Waals surface area (Å²) >= 11 is 17.8. The van der Waals surface area contributed by atoms with Gasteiger partial charge in [-0.25, -0.2) is 9.18 Å². The number of thiophene rings is 1. The van der Waals surface area contributed by atoms with E-state index in [-0.39, 0.29) is 5.57 Å². The topological polar surface area (TPSA) is 66.9 Å². The summed E-state index contributed by atoms with van der Waals surface area (Å²) in [6.07, 6.45) is -1.93. The summed E-state index contributed by atoms with van der Waals surface area (Å²) in [6, 6.07) is 0.506. The average molecular weight is 458 g/mol. The number of alkyl halides is 4. The Labute approximate surface area is 174 Å². The molecule has 0 radical (unpaired) electrons. The standard InChI is InChI=1S/C16H16Cl3FN2O4S/c1-8(2)11(15(25)26-7-16(17,18)19)22-13(20)12(14(22)24)21(9(3)23)10-5-4-6-27-10/h4-6,11-13H,1,7H2,2-3H3. The summed E-state index contributed by atoms with van der Waals surface area (Å²) in [7, 11) is 0. The number of ether oxygens (including phenoxy) is 1. The SMILES string of the molecule is C=C(C)C(C(=O)OCC(Cl)(Cl)Cl)N1C(=O)C(N(C(C)=O)c2cccs2)C1F. The molecular formula is C16H16Cl3FN2O4S. The zero-order valence-corrected chi connectivity index (χ0v) is 17.4. The Balaban J connectivity index is 2.21. The molecular weight excluding hydrogens is 442 g/mol. The zero-order chi connectivity index (χ0) is 20.5. The highest BCUT2D eigenvalue weighted by atomic mass is 35.6. The summed E-state index contributed by atoms with van der Waals surface area (Å²) in [6.45, 7) is 5.71. The van der Waals surface area contributed by atoms with E-state index in [9.17, 15) is 18.8 Å². The maximum absolute atomic E-state index is 14.9. The molecule has 11 heteroatoms. The van der Waals surface area contributed by atoms with Crippen molar-refractivity contribution >= 4 is 68.9 Å². The summed E-state index contributed by atoms with van der Waals surface area (Å²) in [5.74, 6) is -2.22. The lowest BCUT2D eigenvalue weighted by Gasteiger charge is -2.48. The van der Waals surface area contributed by atoms with Gasteiger partial charge in [-0.3, -0.25) is 19.4 Å². The highest BCUT2D eigenvalue weighted by Crippen LogP contribution is 2.36. The minimum absolute atomic E-state index is 0.171. The second kappa shape index (κ2) is 8.34. The highest BCUT2D eigenvalue weighted by Gasteiger charge is 2.57. The molecule has 1 aliphatic heterocycles. The van der Waals surface area contributed by atoms with Crippen molar-refractivity contribution in [2.75, 3.05) is 11.5 Å². The smallest absolute Gasteiger partial charge is 0.333 e. The fourth-order valence-electron chi connectivity index (χ4n) is 2.64. The van der Waals surface area contributed by atoms with Crippen molar-refractivity contribution in [3.8, 4) is 0 Å². The van der Waals surface area contributed by atoms with Gasteiger partial charge in [0.2, 0.25) is 16.0 Å². The number of halogens is 4. The molecule has 6 nitrogen and oxygen atoms in total. The van der Waals surface area contributed by atoms with Gasteiger partial charge in [0.25, 0.3) is 5.91 Å². The van der Waals surface area contributed by atoms with Gasteiger partial charge in [0.15, 0.2) is 12.1 Å². The molecule has 0 saturated carbocycles. The number of carbonyl (C=O) groups excluding carboxylic acids is 3. The Morgan fingerprint density at radius 3 is 2.48 bits per heavy atom. The monoisotopic (exact) mass is 456 g/mol. The van der Waals surface area contributed by atoms with Crippen molar-refractivity contribution in [3.05, 3.63) is 29.7 Å². The maximum atomic E-state index is 14.9. The summed E-state index contributed by atoms with van der Waals surface area (Å²) in [5, 5.41) is 2.12. The van der Waals surface area contributed by atoms with Crippen LogP contribution in [0.5, 0.6) is 0 Å². The van der Waals surface area contributed by atoms with Crippen molar-refractivity contribution in [2.24, 2.45) is 0 Å². The molecule has 148 valence electrons. The normalized spacial score (nSPS) is 20.7. The third kappa shape index (κ3) is 4.74. The largest absolute Gasteiger partial charge is 0.459 e. The lowest BCUT2D eigenvalue weighted by Crippen LogP contribution is -2.73. The first-order chi connectivity index (χ1) is 12.5. The Kier molecular flexibility index (Phi) is 6.78. The van der Waals surface area contributed by atoms with Crippen LogP contribution in [0.2, 0.25) is 0 Å². The van der Waals surface area contributed by atoms with Crippen LogP contribution >= 0.6 is 46.1 Å². The highest BCUT2D eigenvalue weighted by molar-refractivity contribution is 7.14. The second-order valence-electron chi connectivity index (χ2n) is 5.88. The van der Waals surface area contributed by atoms with E-state index in [0.29, 0.717) is 9.90 Å². The average Bonchev–Trinajstić information content (AvgIpc) is 3.07.